The quantitative estimate of drug-likeness (QED) is 0.788. The molecule has 2 aromatic rings. The molecule has 0 unspecified atom stereocenters. The maximum absolute atomic E-state index is 12.4. The molecule has 0 heterocycles. The van der Waals surface area contributed by atoms with E-state index in [2.05, 4.69) is 4.72 Å². The summed E-state index contributed by atoms with van der Waals surface area (Å²) in [6, 6.07) is 9.71. The molecule has 6 nitrogen and oxygen atoms in total. The molecule has 2 rings (SSSR count). The molecule has 0 spiro atoms. The smallest absolute Gasteiger partial charge is 0.335 e. The molecule has 0 fully saturated rings. The van der Waals surface area contributed by atoms with Crippen LogP contribution >= 0.6 is 0 Å². The van der Waals surface area contributed by atoms with Crippen molar-refractivity contribution >= 4 is 16.0 Å². The van der Waals surface area contributed by atoms with Crippen LogP contribution in [0.25, 0.3) is 0 Å². The molecule has 0 aliphatic heterocycles. The largest absolute Gasteiger partial charge is 0.497 e. The van der Waals surface area contributed by atoms with Gasteiger partial charge in [0.25, 0.3) is 0 Å². The van der Waals surface area contributed by atoms with E-state index in [4.69, 9.17) is 9.84 Å². The number of ether oxygens (including phenoxy) is 1. The zero-order valence-electron chi connectivity index (χ0n) is 14.4. The number of nitrogens with one attached hydrogen (secondary N) is 1. The molecular weight excluding hydrogens is 342 g/mol. The van der Waals surface area contributed by atoms with Crippen LogP contribution in [0.4, 0.5) is 0 Å². The Morgan fingerprint density at radius 1 is 1.16 bits per heavy atom. The summed E-state index contributed by atoms with van der Waals surface area (Å²) < 4.78 is 32.5. The zero-order chi connectivity index (χ0) is 18.6. The van der Waals surface area contributed by atoms with E-state index in [1.165, 1.54) is 18.2 Å². The summed E-state index contributed by atoms with van der Waals surface area (Å²) in [5.41, 5.74) is 2.50. The Hall–Kier alpha value is -2.38. The average Bonchev–Trinajstić information content (AvgIpc) is 2.53. The summed E-state index contributed by atoms with van der Waals surface area (Å²) in [6.07, 6.45) is 0.517. The van der Waals surface area contributed by atoms with E-state index >= 15 is 0 Å². The first-order chi connectivity index (χ1) is 11.7. The lowest BCUT2D eigenvalue weighted by molar-refractivity contribution is 0.0696. The standard InChI is InChI=1S/C18H21NO5S/c1-12-8-14(11-15(9-12)24-3)6-7-19-25(22,23)16-4-5-17(18(20)21)13(2)10-16/h4-5,8-11,19H,6-7H2,1-3H3,(H,20,21). The number of aryl methyl sites for hydroxylation is 2. The number of rotatable bonds is 7. The van der Waals surface area contributed by atoms with Crippen LogP contribution in [-0.4, -0.2) is 33.1 Å². The molecule has 2 aromatic carbocycles. The van der Waals surface area contributed by atoms with Crippen molar-refractivity contribution in [3.05, 3.63) is 58.7 Å². The Morgan fingerprint density at radius 3 is 2.48 bits per heavy atom. The van der Waals surface area contributed by atoms with E-state index in [1.54, 1.807) is 14.0 Å². The van der Waals surface area contributed by atoms with Crippen molar-refractivity contribution in [3.63, 3.8) is 0 Å². The topological polar surface area (TPSA) is 92.7 Å². The van der Waals surface area contributed by atoms with Crippen molar-refractivity contribution in [1.29, 1.82) is 0 Å². The molecule has 0 saturated heterocycles. The first kappa shape index (κ1) is 19.0. The van der Waals surface area contributed by atoms with Crippen molar-refractivity contribution in [1.82, 2.24) is 4.72 Å². The van der Waals surface area contributed by atoms with Gasteiger partial charge in [0, 0.05) is 6.54 Å². The molecule has 0 radical (unpaired) electrons. The second kappa shape index (κ2) is 7.67. The first-order valence-corrected chi connectivity index (χ1v) is 9.19. The fourth-order valence-electron chi connectivity index (χ4n) is 2.54. The lowest BCUT2D eigenvalue weighted by Crippen LogP contribution is -2.26. The molecule has 25 heavy (non-hydrogen) atoms. The maximum atomic E-state index is 12.4. The van der Waals surface area contributed by atoms with Gasteiger partial charge in [0.05, 0.1) is 17.6 Å². The molecule has 0 saturated carbocycles. The third-order valence-corrected chi connectivity index (χ3v) is 5.25. The van der Waals surface area contributed by atoms with Crippen molar-refractivity contribution in [2.75, 3.05) is 13.7 Å². The minimum Gasteiger partial charge on any atom is -0.497 e. The normalized spacial score (nSPS) is 11.3. The number of sulfonamides is 1. The van der Waals surface area contributed by atoms with Gasteiger partial charge in [-0.05, 0) is 67.3 Å². The minimum absolute atomic E-state index is 0.0526. The lowest BCUT2D eigenvalue weighted by Gasteiger charge is -2.10. The minimum atomic E-state index is -3.70. The van der Waals surface area contributed by atoms with Crippen LogP contribution in [0.3, 0.4) is 0 Å². The van der Waals surface area contributed by atoms with Gasteiger partial charge in [0.2, 0.25) is 10.0 Å². The summed E-state index contributed by atoms with van der Waals surface area (Å²) in [5.74, 6) is -0.347. The van der Waals surface area contributed by atoms with E-state index in [0.29, 0.717) is 12.0 Å². The van der Waals surface area contributed by atoms with Gasteiger partial charge in [-0.15, -0.1) is 0 Å². The molecule has 2 N–H and O–H groups in total. The van der Waals surface area contributed by atoms with Gasteiger partial charge in [-0.2, -0.15) is 0 Å². The van der Waals surface area contributed by atoms with Crippen LogP contribution in [0.1, 0.15) is 27.0 Å². The van der Waals surface area contributed by atoms with Crippen LogP contribution in [0.15, 0.2) is 41.3 Å². The fourth-order valence-corrected chi connectivity index (χ4v) is 3.66. The number of carboxylic acids is 1. The van der Waals surface area contributed by atoms with Crippen LogP contribution in [-0.2, 0) is 16.4 Å². The number of aromatic carboxylic acids is 1. The molecular formula is C18H21NO5S. The number of hydrogen-bond acceptors (Lipinski definition) is 4. The van der Waals surface area contributed by atoms with Crippen molar-refractivity contribution in [2.45, 2.75) is 25.2 Å². The summed E-state index contributed by atoms with van der Waals surface area (Å²) in [5, 5.41) is 9.02. The average molecular weight is 363 g/mol. The molecule has 0 aliphatic carbocycles. The van der Waals surface area contributed by atoms with E-state index < -0.39 is 16.0 Å². The Labute approximate surface area is 147 Å². The highest BCUT2D eigenvalue weighted by Gasteiger charge is 2.16. The van der Waals surface area contributed by atoms with E-state index in [-0.39, 0.29) is 17.0 Å². The van der Waals surface area contributed by atoms with Gasteiger partial charge >= 0.3 is 5.97 Å². The number of benzene rings is 2. The second-order valence-electron chi connectivity index (χ2n) is 5.79. The highest BCUT2D eigenvalue weighted by atomic mass is 32.2. The Balaban J connectivity index is 2.08. The number of carbonyl (C=O) groups is 1. The van der Waals surface area contributed by atoms with E-state index in [1.807, 2.05) is 25.1 Å². The second-order valence-corrected chi connectivity index (χ2v) is 7.56. The van der Waals surface area contributed by atoms with Crippen LogP contribution < -0.4 is 9.46 Å². The van der Waals surface area contributed by atoms with E-state index in [0.717, 1.165) is 16.9 Å². The van der Waals surface area contributed by atoms with Crippen LogP contribution in [0, 0.1) is 13.8 Å². The van der Waals surface area contributed by atoms with Crippen molar-refractivity contribution in [3.8, 4) is 5.75 Å². The van der Waals surface area contributed by atoms with Crippen molar-refractivity contribution in [2.24, 2.45) is 0 Å². The Kier molecular flexibility index (Phi) is 5.81. The van der Waals surface area contributed by atoms with Gasteiger partial charge in [0.15, 0.2) is 0 Å². The molecule has 0 aliphatic rings. The molecule has 134 valence electrons. The summed E-state index contributed by atoms with van der Waals surface area (Å²) in [7, 11) is -2.11. The predicted octanol–water partition coefficient (Wildman–Crippen LogP) is 2.53. The summed E-state index contributed by atoms with van der Waals surface area (Å²) >= 11 is 0. The maximum Gasteiger partial charge on any atom is 0.335 e. The third-order valence-electron chi connectivity index (χ3n) is 3.79. The highest BCUT2D eigenvalue weighted by molar-refractivity contribution is 7.89. The van der Waals surface area contributed by atoms with E-state index in [9.17, 15) is 13.2 Å². The molecule has 0 aromatic heterocycles. The molecule has 7 heteroatoms. The number of methoxy groups -OCH3 is 1. The number of hydrogen-bond donors (Lipinski definition) is 2. The Morgan fingerprint density at radius 2 is 1.88 bits per heavy atom. The first-order valence-electron chi connectivity index (χ1n) is 7.71. The van der Waals surface area contributed by atoms with Gasteiger partial charge < -0.3 is 9.84 Å². The number of carboxylic acid groups (broad SMARTS) is 1. The molecule has 0 amide bonds. The highest BCUT2D eigenvalue weighted by Crippen LogP contribution is 2.18. The van der Waals surface area contributed by atoms with Gasteiger partial charge in [-0.1, -0.05) is 6.07 Å². The molecule has 0 bridgehead atoms. The van der Waals surface area contributed by atoms with Crippen LogP contribution in [0.5, 0.6) is 5.75 Å². The van der Waals surface area contributed by atoms with Crippen LogP contribution in [0.2, 0.25) is 0 Å². The third kappa shape index (κ3) is 4.80. The SMILES string of the molecule is COc1cc(C)cc(CCNS(=O)(=O)c2ccc(C(=O)O)c(C)c2)c1. The fraction of sp³-hybridized carbons (Fsp3) is 0.278. The Bertz CT molecular complexity index is 890. The predicted molar refractivity (Wildman–Crippen MR) is 94.8 cm³/mol. The zero-order valence-corrected chi connectivity index (χ0v) is 15.2. The molecule has 0 atom stereocenters. The van der Waals surface area contributed by atoms with Gasteiger partial charge in [-0.25, -0.2) is 17.9 Å². The summed E-state index contributed by atoms with van der Waals surface area (Å²) in [4.78, 5) is 11.1. The summed E-state index contributed by atoms with van der Waals surface area (Å²) in [6.45, 7) is 3.75. The monoisotopic (exact) mass is 363 g/mol. The van der Waals surface area contributed by atoms with Gasteiger partial charge in [-0.3, -0.25) is 0 Å². The van der Waals surface area contributed by atoms with Gasteiger partial charge in [0.1, 0.15) is 5.75 Å². The van der Waals surface area contributed by atoms with Crippen molar-refractivity contribution < 1.29 is 23.1 Å². The lowest BCUT2D eigenvalue weighted by atomic mass is 10.1.